The molecule has 7 heteroatoms. The summed E-state index contributed by atoms with van der Waals surface area (Å²) in [5.41, 5.74) is 6.64. The highest BCUT2D eigenvalue weighted by Gasteiger charge is 2.21. The van der Waals surface area contributed by atoms with Crippen molar-refractivity contribution in [2.45, 2.75) is 6.92 Å². The zero-order valence-electron chi connectivity index (χ0n) is 7.73. The molecule has 3 N–H and O–H groups in total. The summed E-state index contributed by atoms with van der Waals surface area (Å²) in [6.45, 7) is 1.68. The first kappa shape index (κ1) is 9.91. The predicted molar refractivity (Wildman–Crippen MR) is 56.8 cm³/mol. The van der Waals surface area contributed by atoms with Crippen LogP contribution in [0.5, 0.6) is 0 Å². The van der Waals surface area contributed by atoms with Gasteiger partial charge < -0.3 is 10.8 Å². The van der Waals surface area contributed by atoms with Gasteiger partial charge in [0.1, 0.15) is 16.4 Å². The summed E-state index contributed by atoms with van der Waals surface area (Å²) in [5, 5.41) is 13.0. The minimum atomic E-state index is -1.04. The molecule has 2 aromatic heterocycles. The number of rotatable bonds is 1. The summed E-state index contributed by atoms with van der Waals surface area (Å²) in [6, 6.07) is 0. The van der Waals surface area contributed by atoms with Gasteiger partial charge in [0.2, 0.25) is 0 Å². The van der Waals surface area contributed by atoms with Crippen LogP contribution in [0.15, 0.2) is 10.9 Å². The third kappa shape index (κ3) is 1.27. The van der Waals surface area contributed by atoms with E-state index in [4.69, 9.17) is 10.8 Å². The van der Waals surface area contributed by atoms with E-state index >= 15 is 0 Å². The van der Waals surface area contributed by atoms with Gasteiger partial charge in [0.15, 0.2) is 5.82 Å². The Hall–Kier alpha value is -1.63. The number of aromatic nitrogens is 3. The van der Waals surface area contributed by atoms with Gasteiger partial charge in [0.25, 0.3) is 0 Å². The van der Waals surface area contributed by atoms with Gasteiger partial charge in [-0.05, 0) is 28.4 Å². The Balaban J connectivity index is 3.02. The monoisotopic (exact) mass is 270 g/mol. The van der Waals surface area contributed by atoms with Crippen molar-refractivity contribution in [1.82, 2.24) is 14.6 Å². The zero-order chi connectivity index (χ0) is 11.2. The molecule has 2 aromatic rings. The molecule has 0 atom stereocenters. The van der Waals surface area contributed by atoms with E-state index in [1.807, 2.05) is 0 Å². The maximum Gasteiger partial charge on any atom is 0.338 e. The van der Waals surface area contributed by atoms with Crippen LogP contribution in [0.2, 0.25) is 0 Å². The number of carboxylic acid groups (broad SMARTS) is 1. The number of aromatic carboxylic acids is 1. The van der Waals surface area contributed by atoms with E-state index in [0.717, 1.165) is 0 Å². The Labute approximate surface area is 92.9 Å². The Morgan fingerprint density at radius 2 is 2.33 bits per heavy atom. The van der Waals surface area contributed by atoms with Crippen LogP contribution < -0.4 is 5.73 Å². The number of hydrogen-bond acceptors (Lipinski definition) is 4. The zero-order valence-corrected chi connectivity index (χ0v) is 9.32. The number of nitrogens with two attached hydrogens (primary N) is 1. The van der Waals surface area contributed by atoms with Crippen LogP contribution in [-0.2, 0) is 0 Å². The van der Waals surface area contributed by atoms with Gasteiger partial charge in [-0.2, -0.15) is 5.10 Å². The maximum absolute atomic E-state index is 11.1. The van der Waals surface area contributed by atoms with E-state index in [1.54, 1.807) is 6.92 Å². The molecule has 0 aliphatic carbocycles. The van der Waals surface area contributed by atoms with Gasteiger partial charge in [-0.1, -0.05) is 0 Å². The summed E-state index contributed by atoms with van der Waals surface area (Å²) >= 11 is 3.26. The molecule has 78 valence electrons. The fourth-order valence-corrected chi connectivity index (χ4v) is 1.92. The highest BCUT2D eigenvalue weighted by molar-refractivity contribution is 9.10. The summed E-state index contributed by atoms with van der Waals surface area (Å²) in [4.78, 5) is 14.8. The minimum absolute atomic E-state index is 0.125. The van der Waals surface area contributed by atoms with Crippen LogP contribution in [0.4, 0.5) is 5.82 Å². The van der Waals surface area contributed by atoms with E-state index < -0.39 is 5.97 Å². The van der Waals surface area contributed by atoms with Crippen LogP contribution in [-0.4, -0.2) is 25.7 Å². The SMILES string of the molecule is Cc1c(C(=O)O)c2c(N)ncnn2c1Br. The molecular weight excluding hydrogens is 264 g/mol. The smallest absolute Gasteiger partial charge is 0.338 e. The maximum atomic E-state index is 11.1. The molecular formula is C8H7BrN4O2. The molecule has 0 aromatic carbocycles. The van der Waals surface area contributed by atoms with Gasteiger partial charge in [-0.3, -0.25) is 0 Å². The lowest BCUT2D eigenvalue weighted by molar-refractivity contribution is 0.0698. The molecule has 15 heavy (non-hydrogen) atoms. The molecule has 0 amide bonds. The second kappa shape index (κ2) is 3.20. The molecule has 2 heterocycles. The minimum Gasteiger partial charge on any atom is -0.478 e. The van der Waals surface area contributed by atoms with Crippen molar-refractivity contribution in [3.8, 4) is 0 Å². The van der Waals surface area contributed by atoms with E-state index in [1.165, 1.54) is 10.8 Å². The number of halogens is 1. The first-order chi connectivity index (χ1) is 7.04. The number of carboxylic acids is 1. The van der Waals surface area contributed by atoms with Crippen LogP contribution in [0.3, 0.4) is 0 Å². The average Bonchev–Trinajstić information content (AvgIpc) is 2.43. The summed E-state index contributed by atoms with van der Waals surface area (Å²) < 4.78 is 1.99. The van der Waals surface area contributed by atoms with Gasteiger partial charge in [-0.25, -0.2) is 14.3 Å². The second-order valence-electron chi connectivity index (χ2n) is 3.00. The Kier molecular flexibility index (Phi) is 2.11. The Morgan fingerprint density at radius 1 is 1.67 bits per heavy atom. The van der Waals surface area contributed by atoms with E-state index in [-0.39, 0.29) is 11.4 Å². The van der Waals surface area contributed by atoms with Crippen LogP contribution in [0, 0.1) is 6.92 Å². The van der Waals surface area contributed by atoms with Crippen molar-refractivity contribution < 1.29 is 9.90 Å². The number of fused-ring (bicyclic) bond motifs is 1. The van der Waals surface area contributed by atoms with Crippen molar-refractivity contribution in [3.05, 3.63) is 22.1 Å². The standard InChI is InChI=1S/C8H7BrN4O2/c1-3-4(8(14)15)5-7(10)11-2-12-13(5)6(3)9/h2H,1H3,(H,14,15)(H2,10,11,12). The number of nitrogens with zero attached hydrogens (tertiary/aromatic N) is 3. The molecule has 0 fully saturated rings. The van der Waals surface area contributed by atoms with E-state index in [2.05, 4.69) is 26.0 Å². The first-order valence-electron chi connectivity index (χ1n) is 4.04. The third-order valence-corrected chi connectivity index (χ3v) is 3.07. The molecule has 0 radical (unpaired) electrons. The fraction of sp³-hybridized carbons (Fsp3) is 0.125. The lowest BCUT2D eigenvalue weighted by atomic mass is 10.2. The largest absolute Gasteiger partial charge is 0.478 e. The summed E-state index contributed by atoms with van der Waals surface area (Å²) in [6.07, 6.45) is 1.28. The topological polar surface area (TPSA) is 93.5 Å². The molecule has 6 nitrogen and oxygen atoms in total. The summed E-state index contributed by atoms with van der Waals surface area (Å²) in [5.74, 6) is -0.895. The molecule has 0 spiro atoms. The molecule has 2 rings (SSSR count). The lowest BCUT2D eigenvalue weighted by Crippen LogP contribution is -2.03. The van der Waals surface area contributed by atoms with E-state index in [9.17, 15) is 4.79 Å². The van der Waals surface area contributed by atoms with Crippen molar-refractivity contribution in [2.24, 2.45) is 0 Å². The third-order valence-electron chi connectivity index (χ3n) is 2.14. The quantitative estimate of drug-likeness (QED) is 0.809. The molecule has 0 bridgehead atoms. The molecule has 0 aliphatic heterocycles. The van der Waals surface area contributed by atoms with Crippen LogP contribution in [0.1, 0.15) is 15.9 Å². The predicted octanol–water partition coefficient (Wildman–Crippen LogP) is 1.08. The van der Waals surface area contributed by atoms with E-state index in [0.29, 0.717) is 15.7 Å². The number of carbonyl (C=O) groups is 1. The normalized spacial score (nSPS) is 10.8. The molecule has 0 aliphatic rings. The van der Waals surface area contributed by atoms with Gasteiger partial charge >= 0.3 is 5.97 Å². The highest BCUT2D eigenvalue weighted by Crippen LogP contribution is 2.28. The lowest BCUT2D eigenvalue weighted by Gasteiger charge is -1.98. The van der Waals surface area contributed by atoms with Crippen LogP contribution >= 0.6 is 15.9 Å². The molecule has 0 unspecified atom stereocenters. The molecule has 0 saturated carbocycles. The van der Waals surface area contributed by atoms with Crippen molar-refractivity contribution >= 4 is 33.2 Å². The van der Waals surface area contributed by atoms with Gasteiger partial charge in [0.05, 0.1) is 5.56 Å². The fourth-order valence-electron chi connectivity index (χ4n) is 1.45. The number of anilines is 1. The van der Waals surface area contributed by atoms with Crippen molar-refractivity contribution in [2.75, 3.05) is 5.73 Å². The van der Waals surface area contributed by atoms with Crippen LogP contribution in [0.25, 0.3) is 5.52 Å². The van der Waals surface area contributed by atoms with Crippen molar-refractivity contribution in [1.29, 1.82) is 0 Å². The first-order valence-corrected chi connectivity index (χ1v) is 4.84. The Bertz CT molecular complexity index is 563. The molecule has 0 saturated heterocycles. The summed E-state index contributed by atoms with van der Waals surface area (Å²) in [7, 11) is 0. The Morgan fingerprint density at radius 3 is 2.93 bits per heavy atom. The average molecular weight is 271 g/mol. The van der Waals surface area contributed by atoms with Gasteiger partial charge in [-0.15, -0.1) is 0 Å². The highest BCUT2D eigenvalue weighted by atomic mass is 79.9. The number of nitrogen functional groups attached to an aromatic ring is 1. The van der Waals surface area contributed by atoms with Gasteiger partial charge in [0, 0.05) is 0 Å². The second-order valence-corrected chi connectivity index (χ2v) is 3.75. The number of hydrogen-bond donors (Lipinski definition) is 2. The van der Waals surface area contributed by atoms with Crippen molar-refractivity contribution in [3.63, 3.8) is 0 Å².